The molecule has 0 aromatic heterocycles. The Morgan fingerprint density at radius 1 is 1.05 bits per heavy atom. The van der Waals surface area contributed by atoms with Crippen molar-refractivity contribution >= 4 is 11.7 Å². The van der Waals surface area contributed by atoms with Gasteiger partial charge in [0, 0.05) is 6.42 Å². The molecule has 3 saturated carbocycles. The van der Waals surface area contributed by atoms with E-state index in [1.807, 2.05) is 0 Å². The van der Waals surface area contributed by atoms with E-state index in [1.165, 1.54) is 81.2 Å². The quantitative estimate of drug-likeness (QED) is 0.204. The van der Waals surface area contributed by atoms with Crippen LogP contribution < -0.4 is 5.23 Å². The Bertz CT molecular complexity index is 1050. The second-order valence-electron chi connectivity index (χ2n) is 14.4. The molecule has 0 amide bonds. The summed E-state index contributed by atoms with van der Waals surface area (Å²) in [6, 6.07) is 5.94. The molecule has 1 aromatic rings. The van der Waals surface area contributed by atoms with Gasteiger partial charge in [0.2, 0.25) is 0 Å². The SMILES string of the molecule is CC(C)CCC[C@@H](C)[C@H]1CCC2C3CC=C4C[C@@H](OC(=O)c5ccc(N([O-])O)cc5)CC[C@]4(C)C3CC[C@@]21C. The van der Waals surface area contributed by atoms with Gasteiger partial charge >= 0.3 is 5.97 Å². The number of carbonyl (C=O) groups excluding carboxylic acids is 1. The molecular weight excluding hydrogens is 486 g/mol. The van der Waals surface area contributed by atoms with Crippen LogP contribution in [-0.4, -0.2) is 17.3 Å². The van der Waals surface area contributed by atoms with Gasteiger partial charge in [-0.2, -0.15) is 0 Å². The van der Waals surface area contributed by atoms with Crippen molar-refractivity contribution in [2.24, 2.45) is 46.3 Å². The molecule has 3 fully saturated rings. The van der Waals surface area contributed by atoms with Gasteiger partial charge in [-0.1, -0.05) is 65.5 Å². The van der Waals surface area contributed by atoms with Gasteiger partial charge in [-0.25, -0.2) is 4.79 Å². The van der Waals surface area contributed by atoms with Crippen LogP contribution in [-0.2, 0) is 4.74 Å². The molecule has 5 heteroatoms. The standard InChI is InChI=1S/C34H50NO4/c1-22(2)7-6-8-23(3)29-15-16-30-28-14-11-25-21-27(17-19-33(25,4)31(28)18-20-34(29,30)5)39-32(36)24-9-12-26(13-10-24)35(37)38/h9-13,22-23,27-31,37H,6-8,14-21H2,1-5H3/q-1/t23-,27+,28?,29-,30?,31?,33+,34-/m1/s1. The maximum Gasteiger partial charge on any atom is 0.338 e. The number of hydrogen-bond acceptors (Lipinski definition) is 5. The van der Waals surface area contributed by atoms with Crippen LogP contribution in [0.5, 0.6) is 0 Å². The third-order valence-corrected chi connectivity index (χ3v) is 11.9. The van der Waals surface area contributed by atoms with Crippen LogP contribution in [0.1, 0.15) is 116 Å². The van der Waals surface area contributed by atoms with Crippen LogP contribution >= 0.6 is 0 Å². The van der Waals surface area contributed by atoms with Crippen molar-refractivity contribution in [3.8, 4) is 0 Å². The van der Waals surface area contributed by atoms with Gasteiger partial charge in [0.25, 0.3) is 0 Å². The van der Waals surface area contributed by atoms with E-state index >= 15 is 0 Å². The first-order chi connectivity index (χ1) is 18.5. The first-order valence-electron chi connectivity index (χ1n) is 15.7. The molecule has 0 bridgehead atoms. The van der Waals surface area contributed by atoms with Gasteiger partial charge in [-0.3, -0.25) is 5.21 Å². The molecule has 4 aliphatic rings. The van der Waals surface area contributed by atoms with Crippen LogP contribution in [0.25, 0.3) is 0 Å². The highest BCUT2D eigenvalue weighted by Gasteiger charge is 2.59. The highest BCUT2D eigenvalue weighted by atomic mass is 16.8. The molecule has 0 aliphatic heterocycles. The number of nitrogens with zero attached hydrogens (tertiary/aromatic N) is 1. The van der Waals surface area contributed by atoms with Crippen LogP contribution in [0.4, 0.5) is 5.69 Å². The second-order valence-corrected chi connectivity index (χ2v) is 14.4. The molecule has 216 valence electrons. The summed E-state index contributed by atoms with van der Waals surface area (Å²) < 4.78 is 5.95. The normalized spacial score (nSPS) is 36.4. The summed E-state index contributed by atoms with van der Waals surface area (Å²) in [5.74, 6) is 4.58. The molecule has 5 rings (SSSR count). The average molecular weight is 537 g/mol. The van der Waals surface area contributed by atoms with Crippen LogP contribution in [0, 0.1) is 51.5 Å². The summed E-state index contributed by atoms with van der Waals surface area (Å²) in [4.78, 5) is 12.8. The van der Waals surface area contributed by atoms with E-state index in [1.54, 1.807) is 0 Å². The van der Waals surface area contributed by atoms with Crippen LogP contribution in [0.15, 0.2) is 35.9 Å². The van der Waals surface area contributed by atoms with Gasteiger partial charge in [-0.15, -0.1) is 0 Å². The van der Waals surface area contributed by atoms with Gasteiger partial charge in [0.15, 0.2) is 0 Å². The fourth-order valence-corrected chi connectivity index (χ4v) is 9.70. The van der Waals surface area contributed by atoms with Gasteiger partial charge in [0.1, 0.15) is 6.10 Å². The Morgan fingerprint density at radius 3 is 2.49 bits per heavy atom. The zero-order chi connectivity index (χ0) is 27.9. The zero-order valence-electron chi connectivity index (χ0n) is 24.8. The van der Waals surface area contributed by atoms with Gasteiger partial charge in [0.05, 0.1) is 11.3 Å². The predicted molar refractivity (Wildman–Crippen MR) is 156 cm³/mol. The topological polar surface area (TPSA) is 72.8 Å². The van der Waals surface area contributed by atoms with Crippen molar-refractivity contribution in [2.45, 2.75) is 111 Å². The minimum Gasteiger partial charge on any atom is -0.733 e. The number of ether oxygens (including phenoxy) is 1. The number of rotatable bonds is 8. The lowest BCUT2D eigenvalue weighted by molar-refractivity contribution is -0.0594. The Hall–Kier alpha value is -1.85. The maximum atomic E-state index is 12.8. The van der Waals surface area contributed by atoms with E-state index in [4.69, 9.17) is 9.94 Å². The van der Waals surface area contributed by atoms with Crippen molar-refractivity contribution in [3.05, 3.63) is 46.7 Å². The number of fused-ring (bicyclic) bond motifs is 5. The lowest BCUT2D eigenvalue weighted by Gasteiger charge is -2.58. The number of benzene rings is 1. The van der Waals surface area contributed by atoms with Crippen LogP contribution in [0.3, 0.4) is 0 Å². The summed E-state index contributed by atoms with van der Waals surface area (Å²) in [5.41, 5.74) is 2.76. The van der Waals surface area contributed by atoms with Gasteiger partial charge in [-0.05, 0) is 116 Å². The molecule has 5 nitrogen and oxygen atoms in total. The Balaban J connectivity index is 1.23. The summed E-state index contributed by atoms with van der Waals surface area (Å²) in [6.45, 7) is 12.4. The molecule has 0 saturated heterocycles. The summed E-state index contributed by atoms with van der Waals surface area (Å²) in [5, 5.41) is 19.9. The lowest BCUT2D eigenvalue weighted by Crippen LogP contribution is -2.51. The molecular formula is C34H50NO4-. The first-order valence-corrected chi connectivity index (χ1v) is 15.7. The van der Waals surface area contributed by atoms with Crippen molar-refractivity contribution in [2.75, 3.05) is 5.23 Å². The third-order valence-electron chi connectivity index (χ3n) is 11.9. The van der Waals surface area contributed by atoms with E-state index in [0.29, 0.717) is 11.0 Å². The minimum absolute atomic E-state index is 0.0969. The molecule has 1 N–H and O–H groups in total. The summed E-state index contributed by atoms with van der Waals surface area (Å²) in [6.07, 6.45) is 16.2. The van der Waals surface area contributed by atoms with E-state index in [2.05, 4.69) is 40.7 Å². The average Bonchev–Trinajstić information content (AvgIpc) is 3.26. The summed E-state index contributed by atoms with van der Waals surface area (Å²) in [7, 11) is 0. The lowest BCUT2D eigenvalue weighted by atomic mass is 9.47. The first kappa shape index (κ1) is 28.7. The van der Waals surface area contributed by atoms with Crippen molar-refractivity contribution < 1.29 is 14.7 Å². The van der Waals surface area contributed by atoms with Crippen LogP contribution in [0.2, 0.25) is 0 Å². The smallest absolute Gasteiger partial charge is 0.338 e. The number of allylic oxidation sites excluding steroid dienone is 1. The van der Waals surface area contributed by atoms with Crippen molar-refractivity contribution in [1.29, 1.82) is 0 Å². The largest absolute Gasteiger partial charge is 0.733 e. The van der Waals surface area contributed by atoms with E-state index < -0.39 is 0 Å². The highest BCUT2D eigenvalue weighted by Crippen LogP contribution is 2.67. The van der Waals surface area contributed by atoms with E-state index in [9.17, 15) is 10.0 Å². The number of hydrogen-bond donors (Lipinski definition) is 1. The molecule has 4 aliphatic carbocycles. The predicted octanol–water partition coefficient (Wildman–Crippen LogP) is 8.95. The van der Waals surface area contributed by atoms with Crippen molar-refractivity contribution in [1.82, 2.24) is 0 Å². The molecule has 39 heavy (non-hydrogen) atoms. The maximum absolute atomic E-state index is 12.8. The van der Waals surface area contributed by atoms with E-state index in [-0.39, 0.29) is 28.4 Å². The molecule has 8 atom stereocenters. The molecule has 1 aromatic carbocycles. The number of carbonyl (C=O) groups is 1. The monoisotopic (exact) mass is 536 g/mol. The zero-order valence-corrected chi connectivity index (χ0v) is 24.8. The highest BCUT2D eigenvalue weighted by molar-refractivity contribution is 5.90. The fraction of sp³-hybridized carbons (Fsp3) is 0.735. The second kappa shape index (κ2) is 11.2. The molecule has 0 radical (unpaired) electrons. The van der Waals surface area contributed by atoms with E-state index in [0.717, 1.165) is 54.8 Å². The van der Waals surface area contributed by atoms with Crippen molar-refractivity contribution in [3.63, 3.8) is 0 Å². The molecule has 0 heterocycles. The van der Waals surface area contributed by atoms with Gasteiger partial charge < -0.3 is 15.2 Å². The minimum atomic E-state index is -0.354. The Kier molecular flexibility index (Phi) is 8.23. The Morgan fingerprint density at radius 2 is 1.79 bits per heavy atom. The Labute approximate surface area is 235 Å². The third kappa shape index (κ3) is 5.43. The molecule has 0 spiro atoms. The number of anilines is 1. The summed E-state index contributed by atoms with van der Waals surface area (Å²) >= 11 is 0. The molecule has 3 unspecified atom stereocenters. The fourth-order valence-electron chi connectivity index (χ4n) is 9.70. The number of esters is 1.